The van der Waals surface area contributed by atoms with Gasteiger partial charge in [-0.25, -0.2) is 0 Å². The Balaban J connectivity index is 1.68. The van der Waals surface area contributed by atoms with Crippen molar-refractivity contribution < 1.29 is 18.9 Å². The van der Waals surface area contributed by atoms with Gasteiger partial charge in [0.15, 0.2) is 11.5 Å². The SMILES string of the molecule is N#Cc1ccccc1NC(=O)c1ccc(COc2ccccc2[N+](=O)[O-])o1. The normalized spacial score (nSPS) is 10.0. The minimum absolute atomic E-state index is 0.0314. The van der Waals surface area contributed by atoms with E-state index < -0.39 is 10.8 Å². The Hall–Kier alpha value is -4.12. The van der Waals surface area contributed by atoms with E-state index in [0.717, 1.165) is 0 Å². The van der Waals surface area contributed by atoms with Gasteiger partial charge in [0.25, 0.3) is 5.91 Å². The van der Waals surface area contributed by atoms with E-state index in [0.29, 0.717) is 17.0 Å². The van der Waals surface area contributed by atoms with Crippen molar-refractivity contribution in [3.63, 3.8) is 0 Å². The smallest absolute Gasteiger partial charge is 0.310 e. The first-order valence-electron chi connectivity index (χ1n) is 7.84. The number of hydrogen-bond donors (Lipinski definition) is 1. The van der Waals surface area contributed by atoms with Crippen LogP contribution in [0.15, 0.2) is 65.1 Å². The number of ether oxygens (including phenoxy) is 1. The van der Waals surface area contributed by atoms with Crippen LogP contribution in [-0.4, -0.2) is 10.8 Å². The van der Waals surface area contributed by atoms with Crippen molar-refractivity contribution in [3.8, 4) is 11.8 Å². The summed E-state index contributed by atoms with van der Waals surface area (Å²) in [5.74, 6) is -0.0572. The van der Waals surface area contributed by atoms with Crippen LogP contribution in [0.1, 0.15) is 21.9 Å². The van der Waals surface area contributed by atoms with Gasteiger partial charge in [-0.2, -0.15) is 5.26 Å². The van der Waals surface area contributed by atoms with Crippen molar-refractivity contribution in [3.05, 3.63) is 87.9 Å². The highest BCUT2D eigenvalue weighted by Gasteiger charge is 2.16. The fourth-order valence-electron chi connectivity index (χ4n) is 2.33. The lowest BCUT2D eigenvalue weighted by atomic mass is 10.2. The number of carbonyl (C=O) groups excluding carboxylic acids is 1. The highest BCUT2D eigenvalue weighted by Crippen LogP contribution is 2.27. The summed E-state index contributed by atoms with van der Waals surface area (Å²) in [4.78, 5) is 22.7. The molecule has 134 valence electrons. The Bertz CT molecular complexity index is 1040. The standard InChI is InChI=1S/C19H13N3O5/c20-11-13-5-1-2-6-15(13)21-19(23)18-10-9-14(27-18)12-26-17-8-4-3-7-16(17)22(24)25/h1-10H,12H2,(H,21,23). The zero-order chi connectivity index (χ0) is 19.2. The van der Waals surface area contributed by atoms with Crippen LogP contribution in [0.25, 0.3) is 0 Å². The van der Waals surface area contributed by atoms with Crippen molar-refractivity contribution in [2.75, 3.05) is 5.32 Å². The van der Waals surface area contributed by atoms with E-state index in [1.54, 1.807) is 42.5 Å². The zero-order valence-electron chi connectivity index (χ0n) is 13.9. The van der Waals surface area contributed by atoms with Crippen LogP contribution < -0.4 is 10.1 Å². The third-order valence-electron chi connectivity index (χ3n) is 3.61. The molecule has 0 radical (unpaired) electrons. The van der Waals surface area contributed by atoms with Crippen LogP contribution in [0, 0.1) is 21.4 Å². The number of hydrogen-bond acceptors (Lipinski definition) is 6. The number of rotatable bonds is 6. The molecule has 0 spiro atoms. The lowest BCUT2D eigenvalue weighted by Gasteiger charge is -2.05. The quantitative estimate of drug-likeness (QED) is 0.524. The van der Waals surface area contributed by atoms with Gasteiger partial charge < -0.3 is 14.5 Å². The van der Waals surface area contributed by atoms with E-state index in [1.807, 2.05) is 6.07 Å². The number of carbonyl (C=O) groups is 1. The van der Waals surface area contributed by atoms with E-state index in [2.05, 4.69) is 5.32 Å². The van der Waals surface area contributed by atoms with Crippen LogP contribution in [0.4, 0.5) is 11.4 Å². The molecule has 0 aliphatic carbocycles. The number of nitrogens with zero attached hydrogens (tertiary/aromatic N) is 2. The van der Waals surface area contributed by atoms with Gasteiger partial charge in [-0.1, -0.05) is 24.3 Å². The summed E-state index contributed by atoms with van der Waals surface area (Å²) in [6, 6.07) is 17.6. The number of anilines is 1. The fraction of sp³-hybridized carbons (Fsp3) is 0.0526. The Morgan fingerprint density at radius 2 is 1.89 bits per heavy atom. The molecule has 0 unspecified atom stereocenters. The first-order valence-corrected chi connectivity index (χ1v) is 7.84. The molecule has 1 heterocycles. The van der Waals surface area contributed by atoms with E-state index in [9.17, 15) is 14.9 Å². The molecule has 0 bridgehead atoms. The van der Waals surface area contributed by atoms with Crippen LogP contribution in [0.3, 0.4) is 0 Å². The van der Waals surface area contributed by atoms with Gasteiger partial charge in [0.2, 0.25) is 0 Å². The maximum Gasteiger partial charge on any atom is 0.310 e. The highest BCUT2D eigenvalue weighted by atomic mass is 16.6. The first-order chi connectivity index (χ1) is 13.1. The minimum Gasteiger partial charge on any atom is -0.479 e. The number of nitrogens with one attached hydrogen (secondary N) is 1. The summed E-state index contributed by atoms with van der Waals surface area (Å²) in [5, 5.41) is 22.6. The Morgan fingerprint density at radius 1 is 1.15 bits per heavy atom. The molecule has 2 aromatic carbocycles. The van der Waals surface area contributed by atoms with Crippen LogP contribution >= 0.6 is 0 Å². The molecule has 8 nitrogen and oxygen atoms in total. The molecule has 0 atom stereocenters. The molecular weight excluding hydrogens is 350 g/mol. The molecular formula is C19H13N3O5. The molecule has 0 saturated heterocycles. The molecule has 1 N–H and O–H groups in total. The predicted octanol–water partition coefficient (Wildman–Crippen LogP) is 3.89. The number of nitro benzene ring substituents is 1. The minimum atomic E-state index is -0.539. The average Bonchev–Trinajstić information content (AvgIpc) is 3.16. The lowest BCUT2D eigenvalue weighted by Crippen LogP contribution is -2.11. The van der Waals surface area contributed by atoms with E-state index in [1.165, 1.54) is 18.2 Å². The number of benzene rings is 2. The molecule has 0 saturated carbocycles. The van der Waals surface area contributed by atoms with Crippen LogP contribution in [0.5, 0.6) is 5.75 Å². The molecule has 27 heavy (non-hydrogen) atoms. The van der Waals surface area contributed by atoms with Gasteiger partial charge in [-0.3, -0.25) is 14.9 Å². The maximum atomic E-state index is 12.3. The van der Waals surface area contributed by atoms with Crippen molar-refractivity contribution in [1.29, 1.82) is 5.26 Å². The third kappa shape index (κ3) is 4.11. The van der Waals surface area contributed by atoms with E-state index in [4.69, 9.17) is 14.4 Å². The maximum absolute atomic E-state index is 12.3. The fourth-order valence-corrected chi connectivity index (χ4v) is 2.33. The van der Waals surface area contributed by atoms with E-state index >= 15 is 0 Å². The molecule has 0 aliphatic heterocycles. The van der Waals surface area contributed by atoms with Gasteiger partial charge >= 0.3 is 5.69 Å². The van der Waals surface area contributed by atoms with E-state index in [-0.39, 0.29) is 23.8 Å². The number of furan rings is 1. The Kier molecular flexibility index (Phi) is 5.14. The topological polar surface area (TPSA) is 118 Å². The molecule has 0 aliphatic rings. The van der Waals surface area contributed by atoms with Crippen LogP contribution in [0.2, 0.25) is 0 Å². The Morgan fingerprint density at radius 3 is 2.67 bits per heavy atom. The molecule has 1 aromatic heterocycles. The average molecular weight is 363 g/mol. The third-order valence-corrected chi connectivity index (χ3v) is 3.61. The van der Waals surface area contributed by atoms with Crippen LogP contribution in [-0.2, 0) is 6.61 Å². The van der Waals surface area contributed by atoms with Gasteiger partial charge in [-0.05, 0) is 30.3 Å². The summed E-state index contributed by atoms with van der Waals surface area (Å²) in [7, 11) is 0. The Labute approximate surface area is 153 Å². The van der Waals surface area contributed by atoms with Crippen molar-refractivity contribution in [2.45, 2.75) is 6.61 Å². The zero-order valence-corrected chi connectivity index (χ0v) is 13.9. The number of para-hydroxylation sites is 3. The highest BCUT2D eigenvalue weighted by molar-refractivity contribution is 6.03. The largest absolute Gasteiger partial charge is 0.479 e. The van der Waals surface area contributed by atoms with Crippen molar-refractivity contribution in [1.82, 2.24) is 0 Å². The van der Waals surface area contributed by atoms with Gasteiger partial charge in [0, 0.05) is 6.07 Å². The summed E-state index contributed by atoms with van der Waals surface area (Å²) < 4.78 is 10.8. The second-order valence-corrected chi connectivity index (χ2v) is 5.39. The number of nitriles is 1. The summed E-state index contributed by atoms with van der Waals surface area (Å²) in [5.41, 5.74) is 0.548. The van der Waals surface area contributed by atoms with Crippen molar-refractivity contribution >= 4 is 17.3 Å². The number of nitro groups is 1. The van der Waals surface area contributed by atoms with Gasteiger partial charge in [0.05, 0.1) is 16.2 Å². The van der Waals surface area contributed by atoms with Crippen molar-refractivity contribution in [2.24, 2.45) is 0 Å². The second-order valence-electron chi connectivity index (χ2n) is 5.39. The molecule has 8 heteroatoms. The lowest BCUT2D eigenvalue weighted by molar-refractivity contribution is -0.386. The second kappa shape index (κ2) is 7.84. The molecule has 0 fully saturated rings. The molecule has 3 rings (SSSR count). The first kappa shape index (κ1) is 17.7. The predicted molar refractivity (Wildman–Crippen MR) is 95.2 cm³/mol. The summed E-state index contributed by atoms with van der Waals surface area (Å²) in [6.45, 7) is -0.0765. The summed E-state index contributed by atoms with van der Waals surface area (Å²) >= 11 is 0. The summed E-state index contributed by atoms with van der Waals surface area (Å²) in [6.07, 6.45) is 0. The monoisotopic (exact) mass is 363 g/mol. The van der Waals surface area contributed by atoms with Gasteiger partial charge in [0.1, 0.15) is 18.4 Å². The molecule has 1 amide bonds. The number of amides is 1. The van der Waals surface area contributed by atoms with Gasteiger partial charge in [-0.15, -0.1) is 0 Å². The molecule has 3 aromatic rings.